The first-order valence-corrected chi connectivity index (χ1v) is 5.88. The molecule has 0 bridgehead atoms. The molecule has 2 aromatic rings. The van der Waals surface area contributed by atoms with Crippen LogP contribution in [-0.4, -0.2) is 23.2 Å². The molecule has 2 N–H and O–H groups in total. The van der Waals surface area contributed by atoms with Crippen LogP contribution in [0.4, 0.5) is 16.0 Å². The van der Waals surface area contributed by atoms with E-state index in [1.54, 1.807) is 12.1 Å². The Labute approximate surface area is 103 Å². The Balaban J connectivity index is 1.92. The first-order chi connectivity index (χ1) is 8.74. The van der Waals surface area contributed by atoms with E-state index in [1.807, 2.05) is 4.90 Å². The second kappa shape index (κ2) is 4.29. The van der Waals surface area contributed by atoms with Crippen LogP contribution in [-0.2, 0) is 0 Å². The van der Waals surface area contributed by atoms with Crippen molar-refractivity contribution in [3.05, 3.63) is 24.0 Å². The lowest BCUT2D eigenvalue weighted by molar-refractivity contribution is 0.427. The maximum absolute atomic E-state index is 13.7. The number of anilines is 2. The first kappa shape index (κ1) is 11.0. The fourth-order valence-electron chi connectivity index (χ4n) is 2.08. The van der Waals surface area contributed by atoms with Crippen molar-refractivity contribution in [2.45, 2.75) is 12.8 Å². The molecule has 0 unspecified atom stereocenters. The highest BCUT2D eigenvalue weighted by atomic mass is 19.1. The van der Waals surface area contributed by atoms with Gasteiger partial charge in [0.25, 0.3) is 11.8 Å². The molecule has 0 saturated carbocycles. The third kappa shape index (κ3) is 1.90. The van der Waals surface area contributed by atoms with Gasteiger partial charge in [-0.1, -0.05) is 0 Å². The van der Waals surface area contributed by atoms with E-state index in [4.69, 9.17) is 10.3 Å². The number of hydrogen-bond donors (Lipinski definition) is 1. The molecule has 1 aliphatic heterocycles. The van der Waals surface area contributed by atoms with Gasteiger partial charge in [0.2, 0.25) is 0 Å². The summed E-state index contributed by atoms with van der Waals surface area (Å²) in [6, 6.07) is 4.40. The predicted octanol–water partition coefficient (Wildman–Crippen LogP) is 2.06. The van der Waals surface area contributed by atoms with Crippen molar-refractivity contribution in [1.82, 2.24) is 10.1 Å². The van der Waals surface area contributed by atoms with Gasteiger partial charge >= 0.3 is 0 Å². The van der Waals surface area contributed by atoms with Crippen molar-refractivity contribution in [3.63, 3.8) is 0 Å². The quantitative estimate of drug-likeness (QED) is 0.824. The molecule has 0 radical (unpaired) electrons. The largest absolute Gasteiger partial charge is 0.399 e. The SMILES string of the molecule is Nc1ccc(-c2nc(N3CCCC3)no2)c(F)c1. The van der Waals surface area contributed by atoms with Crippen LogP contribution in [0.5, 0.6) is 0 Å². The molecule has 18 heavy (non-hydrogen) atoms. The van der Waals surface area contributed by atoms with Crippen molar-refractivity contribution >= 4 is 11.6 Å². The highest BCUT2D eigenvalue weighted by molar-refractivity contribution is 5.59. The van der Waals surface area contributed by atoms with E-state index in [-0.39, 0.29) is 11.5 Å². The van der Waals surface area contributed by atoms with Gasteiger partial charge in [-0.3, -0.25) is 0 Å². The zero-order valence-corrected chi connectivity index (χ0v) is 9.77. The highest BCUT2D eigenvalue weighted by Crippen LogP contribution is 2.25. The minimum absolute atomic E-state index is 0.189. The molecule has 6 heteroatoms. The topological polar surface area (TPSA) is 68.2 Å². The maximum atomic E-state index is 13.7. The monoisotopic (exact) mass is 248 g/mol. The van der Waals surface area contributed by atoms with Crippen LogP contribution in [0.25, 0.3) is 11.5 Å². The Kier molecular flexibility index (Phi) is 2.62. The molecular weight excluding hydrogens is 235 g/mol. The summed E-state index contributed by atoms with van der Waals surface area (Å²) < 4.78 is 18.8. The lowest BCUT2D eigenvalue weighted by atomic mass is 10.2. The first-order valence-electron chi connectivity index (χ1n) is 5.88. The van der Waals surface area contributed by atoms with Crippen molar-refractivity contribution < 1.29 is 8.91 Å². The summed E-state index contributed by atoms with van der Waals surface area (Å²) in [4.78, 5) is 6.25. The molecule has 0 aliphatic carbocycles. The van der Waals surface area contributed by atoms with Crippen LogP contribution in [0.15, 0.2) is 22.7 Å². The standard InChI is InChI=1S/C12H13FN4O/c13-10-7-8(14)3-4-9(10)11-15-12(16-18-11)17-5-1-2-6-17/h3-4,7H,1-2,5-6,14H2. The molecule has 0 spiro atoms. The number of rotatable bonds is 2. The lowest BCUT2D eigenvalue weighted by Crippen LogP contribution is -2.18. The minimum atomic E-state index is -0.452. The van der Waals surface area contributed by atoms with E-state index in [0.29, 0.717) is 11.6 Å². The number of aromatic nitrogens is 2. The Morgan fingerprint density at radius 1 is 1.28 bits per heavy atom. The summed E-state index contributed by atoms with van der Waals surface area (Å²) in [6.45, 7) is 1.84. The molecule has 94 valence electrons. The Hall–Kier alpha value is -2.11. The van der Waals surface area contributed by atoms with E-state index in [1.165, 1.54) is 6.07 Å². The fraction of sp³-hybridized carbons (Fsp3) is 0.333. The summed E-state index contributed by atoms with van der Waals surface area (Å²) in [5, 5.41) is 3.88. The fourth-order valence-corrected chi connectivity index (χ4v) is 2.08. The van der Waals surface area contributed by atoms with Crippen LogP contribution in [0.1, 0.15) is 12.8 Å². The highest BCUT2D eigenvalue weighted by Gasteiger charge is 2.19. The van der Waals surface area contributed by atoms with E-state index in [2.05, 4.69) is 10.1 Å². The van der Waals surface area contributed by atoms with Gasteiger partial charge in [0.05, 0.1) is 5.56 Å². The maximum Gasteiger partial charge on any atom is 0.266 e. The molecule has 1 fully saturated rings. The van der Waals surface area contributed by atoms with Gasteiger partial charge in [-0.15, -0.1) is 0 Å². The zero-order chi connectivity index (χ0) is 12.5. The van der Waals surface area contributed by atoms with Crippen molar-refractivity contribution in [1.29, 1.82) is 0 Å². The average Bonchev–Trinajstić information content (AvgIpc) is 2.99. The Bertz CT molecular complexity index is 563. The molecule has 0 atom stereocenters. The number of benzene rings is 1. The molecule has 3 rings (SSSR count). The summed E-state index contributed by atoms with van der Waals surface area (Å²) in [6.07, 6.45) is 2.25. The summed E-state index contributed by atoms with van der Waals surface area (Å²) in [7, 11) is 0. The van der Waals surface area contributed by atoms with Crippen LogP contribution in [0.3, 0.4) is 0 Å². The summed E-state index contributed by atoms with van der Waals surface area (Å²) >= 11 is 0. The van der Waals surface area contributed by atoms with E-state index < -0.39 is 5.82 Å². The summed E-state index contributed by atoms with van der Waals surface area (Å²) in [5.74, 6) is 0.264. The van der Waals surface area contributed by atoms with Gasteiger partial charge < -0.3 is 15.2 Å². The van der Waals surface area contributed by atoms with Crippen LogP contribution in [0.2, 0.25) is 0 Å². The van der Waals surface area contributed by atoms with Gasteiger partial charge in [-0.2, -0.15) is 4.98 Å². The average molecular weight is 248 g/mol. The van der Waals surface area contributed by atoms with Gasteiger partial charge in [-0.05, 0) is 36.2 Å². The van der Waals surface area contributed by atoms with Crippen molar-refractivity contribution in [3.8, 4) is 11.5 Å². The minimum Gasteiger partial charge on any atom is -0.399 e. The molecule has 1 saturated heterocycles. The Morgan fingerprint density at radius 3 is 2.78 bits per heavy atom. The van der Waals surface area contributed by atoms with E-state index in [0.717, 1.165) is 25.9 Å². The molecule has 2 heterocycles. The normalized spacial score (nSPS) is 15.3. The molecular formula is C12H13FN4O. The third-order valence-electron chi connectivity index (χ3n) is 3.03. The van der Waals surface area contributed by atoms with Gasteiger partial charge in [0.15, 0.2) is 0 Å². The lowest BCUT2D eigenvalue weighted by Gasteiger charge is -2.09. The number of nitrogen functional groups attached to an aromatic ring is 1. The second-order valence-corrected chi connectivity index (χ2v) is 4.33. The number of halogens is 1. The molecule has 0 amide bonds. The number of nitrogens with zero attached hydrogens (tertiary/aromatic N) is 3. The smallest absolute Gasteiger partial charge is 0.266 e. The van der Waals surface area contributed by atoms with Gasteiger partial charge in [0, 0.05) is 18.8 Å². The number of nitrogens with two attached hydrogens (primary N) is 1. The van der Waals surface area contributed by atoms with Crippen LogP contribution >= 0.6 is 0 Å². The number of hydrogen-bond acceptors (Lipinski definition) is 5. The Morgan fingerprint density at radius 2 is 2.06 bits per heavy atom. The van der Waals surface area contributed by atoms with Crippen LogP contribution in [0, 0.1) is 5.82 Å². The van der Waals surface area contributed by atoms with Gasteiger partial charge in [-0.25, -0.2) is 4.39 Å². The van der Waals surface area contributed by atoms with E-state index in [9.17, 15) is 4.39 Å². The zero-order valence-electron chi connectivity index (χ0n) is 9.77. The molecule has 1 aliphatic rings. The third-order valence-corrected chi connectivity index (χ3v) is 3.03. The predicted molar refractivity (Wildman–Crippen MR) is 65.6 cm³/mol. The van der Waals surface area contributed by atoms with Crippen molar-refractivity contribution in [2.24, 2.45) is 0 Å². The second-order valence-electron chi connectivity index (χ2n) is 4.33. The van der Waals surface area contributed by atoms with Gasteiger partial charge in [0.1, 0.15) is 5.82 Å². The molecule has 5 nitrogen and oxygen atoms in total. The van der Waals surface area contributed by atoms with E-state index >= 15 is 0 Å². The van der Waals surface area contributed by atoms with Crippen molar-refractivity contribution in [2.75, 3.05) is 23.7 Å². The molecule has 1 aromatic heterocycles. The summed E-state index contributed by atoms with van der Waals surface area (Å²) in [5.41, 5.74) is 6.15. The molecule has 1 aromatic carbocycles. The van der Waals surface area contributed by atoms with Crippen LogP contribution < -0.4 is 10.6 Å².